The zero-order chi connectivity index (χ0) is 20.1. The van der Waals surface area contributed by atoms with Crippen LogP contribution in [0, 0.1) is 6.92 Å². The average Bonchev–Trinajstić information content (AvgIpc) is 3.21. The Bertz CT molecular complexity index is 952. The maximum Gasteiger partial charge on any atom is 0.236 e. The molecule has 0 bridgehead atoms. The molecule has 2 heterocycles. The molecule has 1 aromatic carbocycles. The van der Waals surface area contributed by atoms with Gasteiger partial charge in [-0.15, -0.1) is 21.5 Å². The van der Waals surface area contributed by atoms with Crippen LogP contribution < -0.4 is 5.32 Å². The van der Waals surface area contributed by atoms with E-state index in [1.165, 1.54) is 23.1 Å². The average molecular weight is 436 g/mol. The second-order valence-electron chi connectivity index (χ2n) is 6.33. The Morgan fingerprint density at radius 3 is 2.75 bits per heavy atom. The van der Waals surface area contributed by atoms with Crippen LogP contribution in [0.15, 0.2) is 29.4 Å². The van der Waals surface area contributed by atoms with Gasteiger partial charge in [-0.3, -0.25) is 4.79 Å². The Kier molecular flexibility index (Phi) is 7.09. The molecule has 1 amide bonds. The summed E-state index contributed by atoms with van der Waals surface area (Å²) < 4.78 is 1.96. The van der Waals surface area contributed by atoms with E-state index < -0.39 is 0 Å². The number of rotatable bonds is 8. The Morgan fingerprint density at radius 2 is 2.04 bits per heavy atom. The zero-order valence-corrected chi connectivity index (χ0v) is 18.4. The van der Waals surface area contributed by atoms with Crippen LogP contribution in [0.4, 0.5) is 5.13 Å². The normalized spacial score (nSPS) is 11.0. The summed E-state index contributed by atoms with van der Waals surface area (Å²) in [4.78, 5) is 17.9. The molecule has 0 radical (unpaired) electrons. The lowest BCUT2D eigenvalue weighted by atomic mass is 10.1. The summed E-state index contributed by atoms with van der Waals surface area (Å²) in [5.74, 6) is 1.10. The minimum absolute atomic E-state index is 0.112. The van der Waals surface area contributed by atoms with Gasteiger partial charge in [-0.25, -0.2) is 4.98 Å². The zero-order valence-electron chi connectivity index (χ0n) is 16.0. The molecule has 0 aliphatic heterocycles. The summed E-state index contributed by atoms with van der Waals surface area (Å²) in [7, 11) is 1.94. The molecular weight excluding hydrogens is 414 g/mol. The summed E-state index contributed by atoms with van der Waals surface area (Å²) in [5, 5.41) is 13.3. The smallest absolute Gasteiger partial charge is 0.236 e. The molecule has 28 heavy (non-hydrogen) atoms. The fourth-order valence-electron chi connectivity index (χ4n) is 2.63. The van der Waals surface area contributed by atoms with E-state index in [-0.39, 0.29) is 11.7 Å². The van der Waals surface area contributed by atoms with E-state index in [0.29, 0.717) is 10.2 Å². The van der Waals surface area contributed by atoms with Crippen molar-refractivity contribution < 1.29 is 4.79 Å². The summed E-state index contributed by atoms with van der Waals surface area (Å²) in [6.07, 6.45) is 3.10. The van der Waals surface area contributed by atoms with Gasteiger partial charge in [0.25, 0.3) is 0 Å². The van der Waals surface area contributed by atoms with E-state index in [1.807, 2.05) is 42.8 Å². The number of thioether (sulfide) groups is 1. The van der Waals surface area contributed by atoms with Crippen LogP contribution in [0.5, 0.6) is 0 Å². The van der Waals surface area contributed by atoms with Gasteiger partial charge < -0.3 is 9.88 Å². The van der Waals surface area contributed by atoms with Crippen molar-refractivity contribution in [3.63, 3.8) is 0 Å². The van der Waals surface area contributed by atoms with Crippen LogP contribution in [0.25, 0.3) is 11.3 Å². The number of halogens is 1. The van der Waals surface area contributed by atoms with Gasteiger partial charge in [0.1, 0.15) is 5.82 Å². The number of nitrogens with zero attached hydrogens (tertiary/aromatic N) is 4. The van der Waals surface area contributed by atoms with E-state index in [9.17, 15) is 4.79 Å². The van der Waals surface area contributed by atoms with Crippen molar-refractivity contribution >= 4 is 45.7 Å². The first-order valence-electron chi connectivity index (χ1n) is 9.02. The topological polar surface area (TPSA) is 72.7 Å². The lowest BCUT2D eigenvalue weighted by Crippen LogP contribution is -2.14. The number of aryl methyl sites for hydroxylation is 2. The van der Waals surface area contributed by atoms with E-state index in [2.05, 4.69) is 27.4 Å². The van der Waals surface area contributed by atoms with Crippen molar-refractivity contribution in [2.75, 3.05) is 11.1 Å². The van der Waals surface area contributed by atoms with Crippen molar-refractivity contribution in [2.45, 2.75) is 38.3 Å². The highest BCUT2D eigenvalue weighted by Gasteiger charge is 2.14. The molecule has 148 valence electrons. The number of carbonyl (C=O) groups excluding carboxylic acids is 1. The van der Waals surface area contributed by atoms with Crippen LogP contribution in [0.1, 0.15) is 30.5 Å². The molecule has 0 aliphatic carbocycles. The monoisotopic (exact) mass is 435 g/mol. The summed E-state index contributed by atoms with van der Waals surface area (Å²) >= 11 is 8.79. The molecule has 0 fully saturated rings. The number of nitrogens with one attached hydrogen (secondary N) is 1. The predicted octanol–water partition coefficient (Wildman–Crippen LogP) is 4.97. The first kappa shape index (κ1) is 20.8. The van der Waals surface area contributed by atoms with Crippen molar-refractivity contribution in [3.05, 3.63) is 40.0 Å². The van der Waals surface area contributed by atoms with Gasteiger partial charge >= 0.3 is 0 Å². The molecule has 0 atom stereocenters. The van der Waals surface area contributed by atoms with Gasteiger partial charge in [-0.2, -0.15) is 0 Å². The maximum atomic E-state index is 12.3. The maximum absolute atomic E-state index is 12.3. The molecular formula is C19H22ClN5OS2. The number of anilines is 1. The van der Waals surface area contributed by atoms with Gasteiger partial charge in [-0.05, 0) is 25.5 Å². The Hall–Kier alpha value is -1.90. The predicted molar refractivity (Wildman–Crippen MR) is 116 cm³/mol. The molecule has 0 saturated heterocycles. The molecule has 3 rings (SSSR count). The molecule has 0 spiro atoms. The number of hydrogen-bond donors (Lipinski definition) is 1. The van der Waals surface area contributed by atoms with Crippen molar-refractivity contribution in [1.82, 2.24) is 19.7 Å². The van der Waals surface area contributed by atoms with Gasteiger partial charge in [0.15, 0.2) is 10.3 Å². The number of aromatic nitrogens is 4. The number of carbonyl (C=O) groups is 1. The minimum Gasteiger partial charge on any atom is -0.309 e. The third-order valence-corrected chi connectivity index (χ3v) is 6.33. The summed E-state index contributed by atoms with van der Waals surface area (Å²) in [5.41, 5.74) is 1.84. The van der Waals surface area contributed by atoms with E-state index in [0.717, 1.165) is 46.4 Å². The number of hydrogen-bond acceptors (Lipinski definition) is 6. The molecule has 3 aromatic rings. The first-order chi connectivity index (χ1) is 13.5. The quantitative estimate of drug-likeness (QED) is 0.505. The Morgan fingerprint density at radius 1 is 1.29 bits per heavy atom. The number of benzene rings is 1. The van der Waals surface area contributed by atoms with E-state index in [4.69, 9.17) is 11.6 Å². The highest BCUT2D eigenvalue weighted by atomic mass is 35.5. The lowest BCUT2D eigenvalue weighted by molar-refractivity contribution is -0.113. The van der Waals surface area contributed by atoms with Crippen LogP contribution in [-0.4, -0.2) is 31.4 Å². The Balaban J connectivity index is 1.59. The molecule has 2 aromatic heterocycles. The van der Waals surface area contributed by atoms with E-state index >= 15 is 0 Å². The number of thiazole rings is 1. The molecule has 0 aliphatic rings. The summed E-state index contributed by atoms with van der Waals surface area (Å²) in [6, 6.07) is 7.52. The SMILES string of the molecule is CCCCc1nnc(SCC(=O)Nc2nc(-c3ccc(Cl)cc3)c(C)s2)n1C. The second-order valence-corrected chi connectivity index (χ2v) is 8.91. The molecule has 0 saturated carbocycles. The van der Waals surface area contributed by atoms with Crippen molar-refractivity contribution in [2.24, 2.45) is 7.05 Å². The third-order valence-electron chi connectivity index (χ3n) is 4.17. The van der Waals surface area contributed by atoms with Crippen LogP contribution >= 0.6 is 34.7 Å². The fourth-order valence-corrected chi connectivity index (χ4v) is 4.34. The fraction of sp³-hybridized carbons (Fsp3) is 0.368. The summed E-state index contributed by atoms with van der Waals surface area (Å²) in [6.45, 7) is 4.14. The van der Waals surface area contributed by atoms with Crippen LogP contribution in [-0.2, 0) is 18.3 Å². The van der Waals surface area contributed by atoms with Gasteiger partial charge in [0.2, 0.25) is 5.91 Å². The van der Waals surface area contributed by atoms with Gasteiger partial charge in [-0.1, -0.05) is 48.8 Å². The first-order valence-corrected chi connectivity index (χ1v) is 11.2. The van der Waals surface area contributed by atoms with Gasteiger partial charge in [0, 0.05) is 28.9 Å². The van der Waals surface area contributed by atoms with Crippen LogP contribution in [0.3, 0.4) is 0 Å². The van der Waals surface area contributed by atoms with Crippen LogP contribution in [0.2, 0.25) is 5.02 Å². The number of amides is 1. The van der Waals surface area contributed by atoms with Gasteiger partial charge in [0.05, 0.1) is 11.4 Å². The largest absolute Gasteiger partial charge is 0.309 e. The number of unbranched alkanes of at least 4 members (excludes halogenated alkanes) is 1. The second kappa shape index (κ2) is 9.54. The third kappa shape index (κ3) is 5.12. The molecule has 1 N–H and O–H groups in total. The lowest BCUT2D eigenvalue weighted by Gasteiger charge is -2.03. The molecule has 6 nitrogen and oxygen atoms in total. The highest BCUT2D eigenvalue weighted by Crippen LogP contribution is 2.31. The molecule has 0 unspecified atom stereocenters. The van der Waals surface area contributed by atoms with Crippen molar-refractivity contribution in [3.8, 4) is 11.3 Å². The standard InChI is InChI=1S/C19H22ClN5OS2/c1-4-5-6-15-23-24-19(25(15)3)27-11-16(26)21-18-22-17(12(2)28-18)13-7-9-14(20)10-8-13/h7-10H,4-6,11H2,1-3H3,(H,21,22,26). The van der Waals surface area contributed by atoms with Crippen molar-refractivity contribution in [1.29, 1.82) is 0 Å². The highest BCUT2D eigenvalue weighted by molar-refractivity contribution is 7.99. The Labute approximate surface area is 177 Å². The minimum atomic E-state index is -0.112. The molecule has 9 heteroatoms. The van der Waals surface area contributed by atoms with E-state index in [1.54, 1.807) is 0 Å².